The van der Waals surface area contributed by atoms with Crippen molar-refractivity contribution in [3.8, 4) is 0 Å². The van der Waals surface area contributed by atoms with E-state index in [-0.39, 0.29) is 15.7 Å². The minimum atomic E-state index is -1.74. The van der Waals surface area contributed by atoms with Crippen molar-refractivity contribution in [3.63, 3.8) is 0 Å². The Balaban J connectivity index is 2.27. The monoisotopic (exact) mass is 390 g/mol. The number of rotatable bonds is 4. The number of carbonyl (C=O) groups excluding carboxylic acids is 2. The number of anilines is 2. The molecule has 0 aliphatic rings. The summed E-state index contributed by atoms with van der Waals surface area (Å²) in [7, 11) is 0. The van der Waals surface area contributed by atoms with Gasteiger partial charge in [-0.05, 0) is 24.3 Å². The highest BCUT2D eigenvalue weighted by atomic mass is 35.5. The first-order valence-electron chi connectivity index (χ1n) is 6.87. The molecule has 0 radical (unpaired) electrons. The third-order valence-electron chi connectivity index (χ3n) is 3.21. The molecule has 9 heteroatoms. The third kappa shape index (κ3) is 4.24. The fourth-order valence-corrected chi connectivity index (χ4v) is 2.52. The first kappa shape index (κ1) is 19.1. The highest BCUT2D eigenvalue weighted by molar-refractivity contribution is 6.39. The van der Waals surface area contributed by atoms with Gasteiger partial charge in [0.15, 0.2) is 17.5 Å². The van der Waals surface area contributed by atoms with Crippen molar-refractivity contribution in [2.75, 3.05) is 16.8 Å². The quantitative estimate of drug-likeness (QED) is 0.786. The molecule has 0 heterocycles. The molecule has 4 nitrogen and oxygen atoms in total. The van der Waals surface area contributed by atoms with Gasteiger partial charge in [-0.1, -0.05) is 29.3 Å². The van der Waals surface area contributed by atoms with E-state index in [1.807, 2.05) is 0 Å². The third-order valence-corrected chi connectivity index (χ3v) is 3.84. The van der Waals surface area contributed by atoms with Gasteiger partial charge >= 0.3 is 0 Å². The van der Waals surface area contributed by atoms with Crippen LogP contribution in [0.4, 0.5) is 24.5 Å². The van der Waals surface area contributed by atoms with E-state index in [1.165, 1.54) is 12.1 Å². The van der Waals surface area contributed by atoms with Gasteiger partial charge in [-0.25, -0.2) is 13.2 Å². The Morgan fingerprint density at radius 3 is 2.20 bits per heavy atom. The van der Waals surface area contributed by atoms with Gasteiger partial charge in [-0.3, -0.25) is 9.59 Å². The highest BCUT2D eigenvalue weighted by Gasteiger charge is 2.23. The second-order valence-corrected chi connectivity index (χ2v) is 5.76. The summed E-state index contributed by atoms with van der Waals surface area (Å²) in [6, 6.07) is 6.07. The molecule has 2 aromatic carbocycles. The number of nitrogens with zero attached hydrogens (tertiary/aromatic N) is 1. The van der Waals surface area contributed by atoms with Gasteiger partial charge in [0.25, 0.3) is 0 Å². The molecule has 0 fully saturated rings. The van der Waals surface area contributed by atoms with Gasteiger partial charge < -0.3 is 10.2 Å². The molecule has 0 saturated heterocycles. The number of nitrogens with one attached hydrogen (secondary N) is 1. The molecule has 2 amide bonds. The maximum absolute atomic E-state index is 13.9. The lowest BCUT2D eigenvalue weighted by Crippen LogP contribution is -2.37. The van der Waals surface area contributed by atoms with E-state index < -0.39 is 41.5 Å². The van der Waals surface area contributed by atoms with Crippen LogP contribution in [0.5, 0.6) is 0 Å². The zero-order valence-corrected chi connectivity index (χ0v) is 14.3. The van der Waals surface area contributed by atoms with Crippen LogP contribution >= 0.6 is 23.2 Å². The number of para-hydroxylation sites is 1. The Labute approximate surface area is 151 Å². The molecule has 0 aliphatic carbocycles. The molecule has 0 spiro atoms. The Bertz CT molecular complexity index is 826. The number of benzene rings is 2. The van der Waals surface area contributed by atoms with Gasteiger partial charge in [0.05, 0.1) is 21.4 Å². The first-order valence-corrected chi connectivity index (χ1v) is 7.63. The zero-order chi connectivity index (χ0) is 18.7. The van der Waals surface area contributed by atoms with E-state index in [1.54, 1.807) is 6.07 Å². The lowest BCUT2D eigenvalue weighted by atomic mass is 10.2. The Morgan fingerprint density at radius 1 is 1.04 bits per heavy atom. The summed E-state index contributed by atoms with van der Waals surface area (Å²) in [6.07, 6.45) is 0. The largest absolute Gasteiger partial charge is 0.322 e. The molecule has 1 N–H and O–H groups in total. The SMILES string of the molecule is CC(=O)N(CC(=O)Nc1c(Cl)cccc1Cl)c1ccc(F)c(F)c1F. The van der Waals surface area contributed by atoms with Crippen molar-refractivity contribution in [1.82, 2.24) is 0 Å². The fourth-order valence-electron chi connectivity index (χ4n) is 2.03. The van der Waals surface area contributed by atoms with E-state index in [9.17, 15) is 22.8 Å². The zero-order valence-electron chi connectivity index (χ0n) is 12.7. The average Bonchev–Trinajstić information content (AvgIpc) is 2.54. The van der Waals surface area contributed by atoms with Gasteiger partial charge in [-0.2, -0.15) is 0 Å². The van der Waals surface area contributed by atoms with Crippen LogP contribution in [0.3, 0.4) is 0 Å². The second kappa shape index (κ2) is 7.76. The summed E-state index contributed by atoms with van der Waals surface area (Å²) in [5, 5.41) is 2.71. The standard InChI is InChI=1S/C16H11Cl2F3N2O2/c1-8(24)23(12-6-5-11(19)14(20)15(12)21)7-13(25)22-16-9(17)3-2-4-10(16)18/h2-6H,7H2,1H3,(H,22,25). The maximum Gasteiger partial charge on any atom is 0.244 e. The lowest BCUT2D eigenvalue weighted by molar-refractivity contribution is -0.120. The summed E-state index contributed by atoms with van der Waals surface area (Å²) in [5.74, 6) is -6.21. The summed E-state index contributed by atoms with van der Waals surface area (Å²) in [6.45, 7) is 0.398. The molecule has 25 heavy (non-hydrogen) atoms. The molecular weight excluding hydrogens is 380 g/mol. The van der Waals surface area contributed by atoms with Gasteiger partial charge in [0, 0.05) is 6.92 Å². The van der Waals surface area contributed by atoms with Crippen LogP contribution in [-0.2, 0) is 9.59 Å². The van der Waals surface area contributed by atoms with Crippen LogP contribution in [0.25, 0.3) is 0 Å². The van der Waals surface area contributed by atoms with Crippen molar-refractivity contribution in [1.29, 1.82) is 0 Å². The Morgan fingerprint density at radius 2 is 1.64 bits per heavy atom. The highest BCUT2D eigenvalue weighted by Crippen LogP contribution is 2.30. The Kier molecular flexibility index (Phi) is 5.92. The van der Waals surface area contributed by atoms with E-state index in [0.29, 0.717) is 11.0 Å². The van der Waals surface area contributed by atoms with E-state index >= 15 is 0 Å². The van der Waals surface area contributed by atoms with Crippen LogP contribution < -0.4 is 10.2 Å². The molecule has 0 aromatic heterocycles. The van der Waals surface area contributed by atoms with Crippen molar-refractivity contribution < 1.29 is 22.8 Å². The number of hydrogen-bond acceptors (Lipinski definition) is 2. The van der Waals surface area contributed by atoms with Crippen molar-refractivity contribution in [3.05, 3.63) is 57.8 Å². The smallest absolute Gasteiger partial charge is 0.244 e. The minimum absolute atomic E-state index is 0.116. The van der Waals surface area contributed by atoms with E-state index in [4.69, 9.17) is 23.2 Å². The predicted molar refractivity (Wildman–Crippen MR) is 89.4 cm³/mol. The van der Waals surface area contributed by atoms with Crippen LogP contribution in [0.1, 0.15) is 6.92 Å². The normalized spacial score (nSPS) is 10.5. The van der Waals surface area contributed by atoms with E-state index in [2.05, 4.69) is 5.32 Å². The summed E-state index contributed by atoms with van der Waals surface area (Å²) in [5.41, 5.74) is -0.447. The molecule has 0 bridgehead atoms. The molecule has 0 atom stereocenters. The summed E-state index contributed by atoms with van der Waals surface area (Å²) < 4.78 is 40.3. The number of halogens is 5. The summed E-state index contributed by atoms with van der Waals surface area (Å²) in [4.78, 5) is 24.5. The molecular formula is C16H11Cl2F3N2O2. The van der Waals surface area contributed by atoms with Gasteiger partial charge in [0.2, 0.25) is 11.8 Å². The Hall–Kier alpha value is -2.25. The van der Waals surface area contributed by atoms with E-state index in [0.717, 1.165) is 13.0 Å². The van der Waals surface area contributed by atoms with Gasteiger partial charge in [0.1, 0.15) is 6.54 Å². The van der Waals surface area contributed by atoms with Crippen molar-refractivity contribution >= 4 is 46.4 Å². The van der Waals surface area contributed by atoms with Gasteiger partial charge in [-0.15, -0.1) is 0 Å². The van der Waals surface area contributed by atoms with Crippen LogP contribution in [-0.4, -0.2) is 18.4 Å². The minimum Gasteiger partial charge on any atom is -0.322 e. The topological polar surface area (TPSA) is 49.4 Å². The van der Waals surface area contributed by atoms with Crippen LogP contribution in [0.15, 0.2) is 30.3 Å². The van der Waals surface area contributed by atoms with Crippen LogP contribution in [0, 0.1) is 17.5 Å². The number of carbonyl (C=O) groups is 2. The lowest BCUT2D eigenvalue weighted by Gasteiger charge is -2.21. The molecule has 2 rings (SSSR count). The molecule has 0 unspecified atom stereocenters. The molecule has 0 aliphatic heterocycles. The van der Waals surface area contributed by atoms with Crippen LogP contribution in [0.2, 0.25) is 10.0 Å². The maximum atomic E-state index is 13.9. The molecule has 132 valence electrons. The summed E-state index contributed by atoms with van der Waals surface area (Å²) >= 11 is 11.8. The molecule has 2 aromatic rings. The van der Waals surface area contributed by atoms with Crippen molar-refractivity contribution in [2.45, 2.75) is 6.92 Å². The molecule has 0 saturated carbocycles. The first-order chi connectivity index (χ1) is 11.7. The fraction of sp³-hybridized carbons (Fsp3) is 0.125. The number of hydrogen-bond donors (Lipinski definition) is 1. The average molecular weight is 391 g/mol. The van der Waals surface area contributed by atoms with Crippen molar-refractivity contribution in [2.24, 2.45) is 0 Å². The second-order valence-electron chi connectivity index (χ2n) is 4.94. The number of amides is 2. The predicted octanol–water partition coefficient (Wildman–Crippen LogP) is 4.40.